The predicted molar refractivity (Wildman–Crippen MR) is 97.9 cm³/mol. The van der Waals surface area contributed by atoms with Crippen LogP contribution in [0.3, 0.4) is 0 Å². The molecular formula is C18H35NO4S. The third kappa shape index (κ3) is 11.0. The maximum absolute atomic E-state index is 11.7. The van der Waals surface area contributed by atoms with E-state index < -0.39 is 9.84 Å². The smallest absolute Gasteiger partial charge is 0.307 e. The van der Waals surface area contributed by atoms with Gasteiger partial charge in [-0.3, -0.25) is 4.79 Å². The molecule has 0 N–H and O–H groups in total. The quantitative estimate of drug-likeness (QED) is 0.372. The third-order valence-corrected chi connectivity index (χ3v) is 6.19. The Morgan fingerprint density at radius 1 is 0.917 bits per heavy atom. The monoisotopic (exact) mass is 361 g/mol. The molecule has 0 aliphatic carbocycles. The topological polar surface area (TPSA) is 63.7 Å². The summed E-state index contributed by atoms with van der Waals surface area (Å²) >= 11 is 0. The minimum atomic E-state index is -2.84. The molecule has 1 aliphatic rings. The number of ether oxygens (including phenoxy) is 1. The van der Waals surface area contributed by atoms with Crippen LogP contribution in [0.25, 0.3) is 0 Å². The lowest BCUT2D eigenvalue weighted by atomic mass is 10.1. The van der Waals surface area contributed by atoms with Crippen LogP contribution in [0.5, 0.6) is 0 Å². The molecule has 0 aromatic rings. The molecule has 0 amide bonds. The Hall–Kier alpha value is -0.620. The zero-order valence-electron chi connectivity index (χ0n) is 15.3. The number of rotatable bonds is 13. The molecule has 142 valence electrons. The molecule has 0 aromatic carbocycles. The molecule has 0 atom stereocenters. The average Bonchev–Trinajstić information content (AvgIpc) is 2.55. The Morgan fingerprint density at radius 3 is 2.04 bits per heavy atom. The fourth-order valence-corrected chi connectivity index (χ4v) is 4.17. The number of carbonyl (C=O) groups is 1. The van der Waals surface area contributed by atoms with Crippen molar-refractivity contribution in [1.29, 1.82) is 0 Å². The molecule has 1 saturated heterocycles. The summed E-state index contributed by atoms with van der Waals surface area (Å²) in [6.45, 7) is 4.43. The molecule has 0 spiro atoms. The van der Waals surface area contributed by atoms with Crippen LogP contribution in [0, 0.1) is 0 Å². The van der Waals surface area contributed by atoms with Crippen LogP contribution in [0.1, 0.15) is 71.1 Å². The normalized spacial score (nSPS) is 17.7. The Kier molecular flexibility index (Phi) is 11.3. The minimum Gasteiger partial charge on any atom is -0.466 e. The van der Waals surface area contributed by atoms with Gasteiger partial charge in [-0.15, -0.1) is 0 Å². The van der Waals surface area contributed by atoms with E-state index in [-0.39, 0.29) is 17.5 Å². The summed E-state index contributed by atoms with van der Waals surface area (Å²) in [5, 5.41) is 0. The fraction of sp³-hybridized carbons (Fsp3) is 0.944. The van der Waals surface area contributed by atoms with Crippen LogP contribution in [0.2, 0.25) is 0 Å². The SMILES string of the molecule is CCCCCCCCCCCOC(=O)CCN1CCS(=O)(=O)CC1. The van der Waals surface area contributed by atoms with Gasteiger partial charge in [0.2, 0.25) is 0 Å². The Bertz CT molecular complexity index is 422. The summed E-state index contributed by atoms with van der Waals surface area (Å²) in [7, 11) is -2.84. The molecule has 0 saturated carbocycles. The van der Waals surface area contributed by atoms with E-state index in [1.807, 2.05) is 4.90 Å². The van der Waals surface area contributed by atoms with Crippen LogP contribution >= 0.6 is 0 Å². The summed E-state index contributed by atoms with van der Waals surface area (Å²) in [5.74, 6) is 0.254. The van der Waals surface area contributed by atoms with Crippen LogP contribution < -0.4 is 0 Å². The number of esters is 1. The second-order valence-electron chi connectivity index (χ2n) is 6.79. The second-order valence-corrected chi connectivity index (χ2v) is 9.10. The van der Waals surface area contributed by atoms with Gasteiger partial charge < -0.3 is 9.64 Å². The first-order valence-corrected chi connectivity index (χ1v) is 11.4. The predicted octanol–water partition coefficient (Wildman–Crippen LogP) is 3.18. The molecule has 0 bridgehead atoms. The van der Waals surface area contributed by atoms with Crippen molar-refractivity contribution in [3.8, 4) is 0 Å². The molecule has 1 fully saturated rings. The van der Waals surface area contributed by atoms with Gasteiger partial charge in [0.25, 0.3) is 0 Å². The number of hydrogen-bond donors (Lipinski definition) is 0. The Balaban J connectivity index is 1.88. The summed E-state index contributed by atoms with van der Waals surface area (Å²) < 4.78 is 27.9. The molecule has 1 heterocycles. The summed E-state index contributed by atoms with van der Waals surface area (Å²) in [5.41, 5.74) is 0. The number of sulfone groups is 1. The van der Waals surface area contributed by atoms with Crippen molar-refractivity contribution in [2.24, 2.45) is 0 Å². The van der Waals surface area contributed by atoms with Crippen molar-refractivity contribution in [3.05, 3.63) is 0 Å². The van der Waals surface area contributed by atoms with Crippen LogP contribution in [-0.2, 0) is 19.4 Å². The fourth-order valence-electron chi connectivity index (χ4n) is 2.89. The van der Waals surface area contributed by atoms with Crippen LogP contribution in [0.15, 0.2) is 0 Å². The van der Waals surface area contributed by atoms with Crippen molar-refractivity contribution >= 4 is 15.8 Å². The van der Waals surface area contributed by atoms with Gasteiger partial charge in [-0.25, -0.2) is 8.42 Å². The van der Waals surface area contributed by atoms with E-state index in [4.69, 9.17) is 4.74 Å². The van der Waals surface area contributed by atoms with Gasteiger partial charge in [-0.1, -0.05) is 58.3 Å². The molecule has 6 heteroatoms. The maximum Gasteiger partial charge on any atom is 0.307 e. The Morgan fingerprint density at radius 2 is 1.46 bits per heavy atom. The van der Waals surface area contributed by atoms with Gasteiger partial charge in [-0.2, -0.15) is 0 Å². The highest BCUT2D eigenvalue weighted by Crippen LogP contribution is 2.10. The number of unbranched alkanes of at least 4 members (excludes halogenated alkanes) is 8. The molecule has 5 nitrogen and oxygen atoms in total. The lowest BCUT2D eigenvalue weighted by molar-refractivity contribution is -0.144. The van der Waals surface area contributed by atoms with Gasteiger partial charge in [0, 0.05) is 19.6 Å². The zero-order chi connectivity index (χ0) is 17.7. The van der Waals surface area contributed by atoms with E-state index >= 15 is 0 Å². The lowest BCUT2D eigenvalue weighted by Crippen LogP contribution is -2.41. The largest absolute Gasteiger partial charge is 0.466 e. The van der Waals surface area contributed by atoms with Gasteiger partial charge in [-0.05, 0) is 6.42 Å². The summed E-state index contributed by atoms with van der Waals surface area (Å²) in [4.78, 5) is 13.7. The number of hydrogen-bond acceptors (Lipinski definition) is 5. The molecular weight excluding hydrogens is 326 g/mol. The summed E-state index contributed by atoms with van der Waals surface area (Å²) in [6.07, 6.45) is 11.6. The molecule has 1 rings (SSSR count). The van der Waals surface area contributed by atoms with E-state index in [0.29, 0.717) is 32.7 Å². The zero-order valence-corrected chi connectivity index (χ0v) is 16.1. The minimum absolute atomic E-state index is 0.164. The lowest BCUT2D eigenvalue weighted by Gasteiger charge is -2.25. The van der Waals surface area contributed by atoms with Crippen molar-refractivity contribution < 1.29 is 17.9 Å². The highest BCUT2D eigenvalue weighted by atomic mass is 32.2. The number of nitrogens with zero attached hydrogens (tertiary/aromatic N) is 1. The van der Waals surface area contributed by atoms with Crippen molar-refractivity contribution in [1.82, 2.24) is 4.90 Å². The summed E-state index contributed by atoms with van der Waals surface area (Å²) in [6, 6.07) is 0. The molecule has 0 unspecified atom stereocenters. The number of carbonyl (C=O) groups excluding carboxylic acids is 1. The molecule has 0 radical (unpaired) electrons. The van der Waals surface area contributed by atoms with Crippen molar-refractivity contribution in [2.45, 2.75) is 71.1 Å². The van der Waals surface area contributed by atoms with Gasteiger partial charge >= 0.3 is 5.97 Å². The van der Waals surface area contributed by atoms with Crippen LogP contribution in [0.4, 0.5) is 0 Å². The van der Waals surface area contributed by atoms with Gasteiger partial charge in [0.15, 0.2) is 9.84 Å². The highest BCUT2D eigenvalue weighted by molar-refractivity contribution is 7.91. The second kappa shape index (κ2) is 12.7. The van der Waals surface area contributed by atoms with E-state index in [1.54, 1.807) is 0 Å². The molecule has 0 aromatic heterocycles. The highest BCUT2D eigenvalue weighted by Gasteiger charge is 2.21. The Labute approximate surface area is 148 Å². The van der Waals surface area contributed by atoms with Crippen LogP contribution in [-0.4, -0.2) is 57.0 Å². The average molecular weight is 362 g/mol. The van der Waals surface area contributed by atoms with E-state index in [9.17, 15) is 13.2 Å². The third-order valence-electron chi connectivity index (χ3n) is 4.58. The van der Waals surface area contributed by atoms with Gasteiger partial charge in [0.05, 0.1) is 24.5 Å². The van der Waals surface area contributed by atoms with Gasteiger partial charge in [0.1, 0.15) is 0 Å². The van der Waals surface area contributed by atoms with E-state index in [2.05, 4.69) is 6.92 Å². The standard InChI is InChI=1S/C18H35NO4S/c1-2-3-4-5-6-7-8-9-10-15-23-18(20)11-12-19-13-16-24(21,22)17-14-19/h2-17H2,1H3. The van der Waals surface area contributed by atoms with Crippen molar-refractivity contribution in [3.63, 3.8) is 0 Å². The first kappa shape index (κ1) is 21.4. The molecule has 1 aliphatic heterocycles. The van der Waals surface area contributed by atoms with E-state index in [0.717, 1.165) is 12.8 Å². The first-order chi connectivity index (χ1) is 11.5. The van der Waals surface area contributed by atoms with Crippen molar-refractivity contribution in [2.75, 3.05) is 37.7 Å². The van der Waals surface area contributed by atoms with E-state index in [1.165, 1.54) is 44.9 Å². The molecule has 24 heavy (non-hydrogen) atoms. The maximum atomic E-state index is 11.7. The first-order valence-electron chi connectivity index (χ1n) is 9.62.